The first-order valence-corrected chi connectivity index (χ1v) is 14.8. The van der Waals surface area contributed by atoms with Crippen molar-refractivity contribution in [3.8, 4) is 5.75 Å². The predicted molar refractivity (Wildman–Crippen MR) is 161 cm³/mol. The molecule has 1 fully saturated rings. The lowest BCUT2D eigenvalue weighted by Gasteiger charge is -2.28. The highest BCUT2D eigenvalue weighted by Crippen LogP contribution is 2.23. The molecule has 4 amide bonds. The van der Waals surface area contributed by atoms with E-state index in [1.807, 2.05) is 60.7 Å². The van der Waals surface area contributed by atoms with Crippen LogP contribution >= 0.6 is 11.8 Å². The molecule has 7 N–H and O–H groups in total. The quantitative estimate of drug-likeness (QED) is 0.211. The molecule has 0 aromatic heterocycles. The third-order valence-electron chi connectivity index (χ3n) is 7.04. The van der Waals surface area contributed by atoms with Crippen LogP contribution in [0.1, 0.15) is 16.7 Å². The summed E-state index contributed by atoms with van der Waals surface area (Å²) in [4.78, 5) is 54.0. The van der Waals surface area contributed by atoms with E-state index in [1.165, 1.54) is 28.8 Å². The summed E-state index contributed by atoms with van der Waals surface area (Å²) in [6.07, 6.45) is 0.612. The molecule has 11 heteroatoms. The lowest BCUT2D eigenvalue weighted by molar-refractivity contribution is -0.140. The van der Waals surface area contributed by atoms with Gasteiger partial charge in [-0.15, -0.1) is 11.8 Å². The highest BCUT2D eigenvalue weighted by atomic mass is 32.2. The normalized spacial score (nSPS) is 16.7. The third-order valence-corrected chi connectivity index (χ3v) is 8.05. The molecule has 42 heavy (non-hydrogen) atoms. The van der Waals surface area contributed by atoms with E-state index in [0.717, 1.165) is 16.7 Å². The second-order valence-electron chi connectivity index (χ2n) is 10.2. The number of nitrogens with zero attached hydrogens (tertiary/aromatic N) is 1. The van der Waals surface area contributed by atoms with Gasteiger partial charge in [-0.1, -0.05) is 72.8 Å². The fourth-order valence-corrected chi connectivity index (χ4v) is 5.90. The van der Waals surface area contributed by atoms with E-state index in [4.69, 9.17) is 11.5 Å². The Hall–Kier alpha value is -4.35. The number of nitrogens with two attached hydrogens (primary N) is 2. The Bertz CT molecular complexity index is 1370. The van der Waals surface area contributed by atoms with Gasteiger partial charge in [0.2, 0.25) is 23.6 Å². The maximum atomic E-state index is 13.5. The first-order valence-electron chi connectivity index (χ1n) is 13.6. The van der Waals surface area contributed by atoms with Crippen LogP contribution in [-0.2, 0) is 38.4 Å². The molecule has 4 rings (SSSR count). The highest BCUT2D eigenvalue weighted by molar-refractivity contribution is 7.99. The summed E-state index contributed by atoms with van der Waals surface area (Å²) in [5.74, 6) is -1.36. The van der Waals surface area contributed by atoms with Crippen LogP contribution in [0.5, 0.6) is 5.75 Å². The zero-order valence-electron chi connectivity index (χ0n) is 23.0. The van der Waals surface area contributed by atoms with Crippen molar-refractivity contribution in [2.24, 2.45) is 11.5 Å². The van der Waals surface area contributed by atoms with Crippen LogP contribution in [0.25, 0.3) is 0 Å². The van der Waals surface area contributed by atoms with E-state index in [9.17, 15) is 24.3 Å². The average Bonchev–Trinajstić information content (AvgIpc) is 3.48. The topological polar surface area (TPSA) is 168 Å². The van der Waals surface area contributed by atoms with Gasteiger partial charge in [0.25, 0.3) is 0 Å². The molecule has 10 nitrogen and oxygen atoms in total. The zero-order chi connectivity index (χ0) is 30.1. The number of carbonyl (C=O) groups is 4. The first kappa shape index (κ1) is 30.6. The Balaban J connectivity index is 1.46. The van der Waals surface area contributed by atoms with Gasteiger partial charge < -0.3 is 32.1 Å². The predicted octanol–water partition coefficient (Wildman–Crippen LogP) is 1.10. The van der Waals surface area contributed by atoms with Gasteiger partial charge in [0, 0.05) is 18.6 Å². The number of primary amides is 1. The minimum absolute atomic E-state index is 0.114. The van der Waals surface area contributed by atoms with Crippen molar-refractivity contribution < 1.29 is 24.3 Å². The molecule has 1 saturated heterocycles. The number of rotatable bonds is 12. The number of hydrogen-bond acceptors (Lipinski definition) is 7. The Morgan fingerprint density at radius 3 is 1.93 bits per heavy atom. The third kappa shape index (κ3) is 8.34. The fraction of sp³-hybridized carbons (Fsp3) is 0.290. The molecule has 1 aliphatic rings. The molecule has 1 aliphatic heterocycles. The molecule has 0 radical (unpaired) electrons. The van der Waals surface area contributed by atoms with Gasteiger partial charge in [-0.3, -0.25) is 19.2 Å². The zero-order valence-corrected chi connectivity index (χ0v) is 23.8. The van der Waals surface area contributed by atoms with Gasteiger partial charge in [-0.2, -0.15) is 0 Å². The molecular formula is C31H35N5O5S. The molecule has 0 saturated carbocycles. The van der Waals surface area contributed by atoms with Gasteiger partial charge in [-0.25, -0.2) is 0 Å². The van der Waals surface area contributed by atoms with Crippen molar-refractivity contribution in [1.82, 2.24) is 15.5 Å². The van der Waals surface area contributed by atoms with Crippen molar-refractivity contribution >= 4 is 35.4 Å². The summed E-state index contributed by atoms with van der Waals surface area (Å²) in [6, 6.07) is 21.1. The number of aromatic hydroxyl groups is 1. The maximum absolute atomic E-state index is 13.5. The molecule has 4 atom stereocenters. The summed E-state index contributed by atoms with van der Waals surface area (Å²) in [5.41, 5.74) is 14.3. The largest absolute Gasteiger partial charge is 0.508 e. The smallest absolute Gasteiger partial charge is 0.244 e. The second kappa shape index (κ2) is 14.5. The minimum Gasteiger partial charge on any atom is -0.508 e. The lowest BCUT2D eigenvalue weighted by Crippen LogP contribution is -2.58. The number of benzene rings is 3. The van der Waals surface area contributed by atoms with Crippen molar-refractivity contribution in [2.45, 2.75) is 43.4 Å². The number of carbonyl (C=O) groups excluding carboxylic acids is 4. The Labute approximate surface area is 248 Å². The first-order chi connectivity index (χ1) is 20.2. The average molecular weight is 590 g/mol. The molecular weight excluding hydrogens is 554 g/mol. The number of thioether (sulfide) groups is 1. The molecule has 1 heterocycles. The summed E-state index contributed by atoms with van der Waals surface area (Å²) < 4.78 is 0. The van der Waals surface area contributed by atoms with E-state index in [-0.39, 0.29) is 36.8 Å². The number of hydrogen-bond donors (Lipinski definition) is 5. The van der Waals surface area contributed by atoms with Crippen molar-refractivity contribution in [3.05, 3.63) is 102 Å². The summed E-state index contributed by atoms with van der Waals surface area (Å²) in [6.45, 7) is 0. The SMILES string of the molecule is NC(=O)[C@H](Cc1ccccc1)NC(=O)[C@H](Cc1ccccc1)NC(=O)[C@@H]1CSCN1C(=O)[C@@H](N)Cc1ccc(O)cc1. The fourth-order valence-electron chi connectivity index (χ4n) is 4.74. The van der Waals surface area contributed by atoms with Gasteiger partial charge in [-0.05, 0) is 35.2 Å². The summed E-state index contributed by atoms with van der Waals surface area (Å²) >= 11 is 1.42. The van der Waals surface area contributed by atoms with Crippen LogP contribution in [0.3, 0.4) is 0 Å². The standard InChI is InChI=1S/C31H35N5O5S/c32-24(15-22-11-13-23(37)14-12-22)31(41)36-19-42-18-27(36)30(40)35-26(17-21-9-5-2-6-10-21)29(39)34-25(28(33)38)16-20-7-3-1-4-8-20/h1-14,24-27,37H,15-19,32H2,(H2,33,38)(H,34,39)(H,35,40)/t24-,25-,26-,27-/m0/s1. The second-order valence-corrected chi connectivity index (χ2v) is 11.2. The van der Waals surface area contributed by atoms with Crippen LogP contribution in [0.2, 0.25) is 0 Å². The molecule has 3 aromatic rings. The van der Waals surface area contributed by atoms with Crippen molar-refractivity contribution in [1.29, 1.82) is 0 Å². The lowest BCUT2D eigenvalue weighted by atomic mass is 10.0. The molecule has 0 unspecified atom stereocenters. The van der Waals surface area contributed by atoms with Crippen molar-refractivity contribution in [2.75, 3.05) is 11.6 Å². The van der Waals surface area contributed by atoms with Gasteiger partial charge >= 0.3 is 0 Å². The van der Waals surface area contributed by atoms with Crippen molar-refractivity contribution in [3.63, 3.8) is 0 Å². The highest BCUT2D eigenvalue weighted by Gasteiger charge is 2.38. The Morgan fingerprint density at radius 2 is 1.36 bits per heavy atom. The Kier molecular flexibility index (Phi) is 10.6. The number of phenols is 1. The van der Waals surface area contributed by atoms with Crippen LogP contribution in [-0.4, -0.2) is 69.4 Å². The summed E-state index contributed by atoms with van der Waals surface area (Å²) in [7, 11) is 0. The van der Waals surface area contributed by atoms with Gasteiger partial charge in [0.05, 0.1) is 11.9 Å². The molecule has 0 spiro atoms. The molecule has 0 bridgehead atoms. The number of phenolic OH excluding ortho intramolecular Hbond substituents is 1. The number of nitrogens with one attached hydrogen (secondary N) is 2. The molecule has 0 aliphatic carbocycles. The van der Waals surface area contributed by atoms with E-state index in [2.05, 4.69) is 10.6 Å². The Morgan fingerprint density at radius 1 is 0.810 bits per heavy atom. The van der Waals surface area contributed by atoms with Crippen LogP contribution in [0.4, 0.5) is 0 Å². The van der Waals surface area contributed by atoms with E-state index in [1.54, 1.807) is 12.1 Å². The minimum atomic E-state index is -1.02. The van der Waals surface area contributed by atoms with Crippen LogP contribution in [0, 0.1) is 0 Å². The monoisotopic (exact) mass is 589 g/mol. The van der Waals surface area contributed by atoms with E-state index >= 15 is 0 Å². The van der Waals surface area contributed by atoms with Gasteiger partial charge in [0.15, 0.2) is 0 Å². The van der Waals surface area contributed by atoms with E-state index < -0.39 is 41.9 Å². The van der Waals surface area contributed by atoms with E-state index in [0.29, 0.717) is 5.75 Å². The molecule has 220 valence electrons. The number of amides is 4. The van der Waals surface area contributed by atoms with Crippen LogP contribution < -0.4 is 22.1 Å². The van der Waals surface area contributed by atoms with Crippen LogP contribution in [0.15, 0.2) is 84.9 Å². The summed E-state index contributed by atoms with van der Waals surface area (Å²) in [5, 5.41) is 15.0. The maximum Gasteiger partial charge on any atom is 0.244 e. The molecule has 3 aromatic carbocycles. The van der Waals surface area contributed by atoms with Gasteiger partial charge in [0.1, 0.15) is 23.9 Å².